The van der Waals surface area contributed by atoms with Gasteiger partial charge >= 0.3 is 0 Å². The Morgan fingerprint density at radius 3 is 2.70 bits per heavy atom. The predicted octanol–water partition coefficient (Wildman–Crippen LogP) is 4.88. The Balaban J connectivity index is 2.34. The Hall–Kier alpha value is -0.970. The molecule has 0 radical (unpaired) electrons. The minimum atomic E-state index is -0.448. The topological polar surface area (TPSA) is 12.0 Å². The third-order valence-corrected chi connectivity index (χ3v) is 4.45. The summed E-state index contributed by atoms with van der Waals surface area (Å²) in [7, 11) is 1.76. The summed E-state index contributed by atoms with van der Waals surface area (Å²) in [6.45, 7) is 0. The van der Waals surface area contributed by atoms with Gasteiger partial charge in [0.2, 0.25) is 0 Å². The van der Waals surface area contributed by atoms with Gasteiger partial charge in [0.15, 0.2) is 0 Å². The summed E-state index contributed by atoms with van der Waals surface area (Å²) in [6, 6.07) is 8.83. The molecule has 0 aliphatic rings. The highest BCUT2D eigenvalue weighted by atomic mass is 79.9. The molecule has 0 heterocycles. The van der Waals surface area contributed by atoms with E-state index in [0.717, 1.165) is 22.2 Å². The van der Waals surface area contributed by atoms with Crippen molar-refractivity contribution in [3.05, 3.63) is 68.7 Å². The molecule has 0 amide bonds. The lowest BCUT2D eigenvalue weighted by Gasteiger charge is -2.19. The van der Waals surface area contributed by atoms with Crippen molar-refractivity contribution in [3.8, 4) is 0 Å². The zero-order valence-electron chi connectivity index (χ0n) is 10.8. The van der Waals surface area contributed by atoms with Gasteiger partial charge in [-0.25, -0.2) is 8.78 Å². The van der Waals surface area contributed by atoms with Gasteiger partial charge in [-0.05, 0) is 64.8 Å². The van der Waals surface area contributed by atoms with Crippen LogP contribution in [0.1, 0.15) is 17.2 Å². The molecule has 1 nitrogen and oxygen atoms in total. The molecule has 106 valence electrons. The van der Waals surface area contributed by atoms with Crippen LogP contribution in [0.3, 0.4) is 0 Å². The highest BCUT2D eigenvalue weighted by molar-refractivity contribution is 9.10. The first-order chi connectivity index (χ1) is 9.52. The van der Waals surface area contributed by atoms with Crippen LogP contribution in [0.4, 0.5) is 8.78 Å². The van der Waals surface area contributed by atoms with Crippen molar-refractivity contribution in [2.75, 3.05) is 7.05 Å². The average Bonchev–Trinajstić information content (AvgIpc) is 2.43. The lowest BCUT2D eigenvalue weighted by Crippen LogP contribution is -2.20. The molecule has 0 fully saturated rings. The molecule has 0 aliphatic heterocycles. The van der Waals surface area contributed by atoms with Crippen molar-refractivity contribution in [1.82, 2.24) is 5.32 Å². The molecular weight excluding hydrogens is 348 g/mol. The monoisotopic (exact) mass is 359 g/mol. The summed E-state index contributed by atoms with van der Waals surface area (Å²) < 4.78 is 27.7. The largest absolute Gasteiger partial charge is 0.313 e. The van der Waals surface area contributed by atoms with Crippen LogP contribution in [0.15, 0.2) is 40.9 Å². The molecule has 0 spiro atoms. The molecular formula is C15H13BrClF2N. The smallest absolute Gasteiger partial charge is 0.126 e. The summed E-state index contributed by atoms with van der Waals surface area (Å²) in [6.07, 6.45) is 0.316. The van der Waals surface area contributed by atoms with E-state index in [4.69, 9.17) is 11.6 Å². The maximum atomic E-state index is 13.7. The van der Waals surface area contributed by atoms with Crippen LogP contribution in [-0.2, 0) is 6.42 Å². The van der Waals surface area contributed by atoms with Crippen LogP contribution in [0.2, 0.25) is 5.02 Å². The maximum absolute atomic E-state index is 13.7. The third kappa shape index (κ3) is 3.37. The van der Waals surface area contributed by atoms with Crippen LogP contribution in [0.5, 0.6) is 0 Å². The molecule has 2 aromatic rings. The zero-order chi connectivity index (χ0) is 14.7. The first-order valence-electron chi connectivity index (χ1n) is 6.08. The number of likely N-dealkylation sites (N-methyl/N-ethyl adjacent to an activating group) is 1. The van der Waals surface area contributed by atoms with E-state index in [1.54, 1.807) is 7.05 Å². The van der Waals surface area contributed by atoms with E-state index in [0.29, 0.717) is 17.0 Å². The van der Waals surface area contributed by atoms with Crippen molar-refractivity contribution in [3.63, 3.8) is 0 Å². The van der Waals surface area contributed by atoms with Crippen LogP contribution >= 0.6 is 27.5 Å². The second-order valence-corrected chi connectivity index (χ2v) is 5.66. The van der Waals surface area contributed by atoms with Crippen molar-refractivity contribution >= 4 is 27.5 Å². The highest BCUT2D eigenvalue weighted by Gasteiger charge is 2.17. The van der Waals surface area contributed by atoms with Crippen molar-refractivity contribution < 1.29 is 8.78 Å². The molecule has 1 N–H and O–H groups in total. The predicted molar refractivity (Wildman–Crippen MR) is 81.0 cm³/mol. The average molecular weight is 361 g/mol. The Bertz CT molecular complexity index is 619. The first kappa shape index (κ1) is 15.4. The number of rotatable bonds is 4. The normalized spacial score (nSPS) is 12.4. The molecule has 0 aromatic heterocycles. The third-order valence-electron chi connectivity index (χ3n) is 3.14. The van der Waals surface area contributed by atoms with E-state index >= 15 is 0 Å². The molecule has 0 aliphatic carbocycles. The number of benzene rings is 2. The molecule has 5 heteroatoms. The molecule has 0 saturated carbocycles. The summed E-state index contributed by atoms with van der Waals surface area (Å²) in [5, 5.41) is 3.66. The molecule has 2 rings (SSSR count). The standard InChI is InChI=1S/C15H13BrClF2N/c1-20-14(11-3-2-4-12(16)15(11)17)8-9-7-10(18)5-6-13(9)19/h2-7,14,20H,8H2,1H3. The van der Waals surface area contributed by atoms with Gasteiger partial charge in [0.05, 0.1) is 5.02 Å². The van der Waals surface area contributed by atoms with Gasteiger partial charge in [0.1, 0.15) is 11.6 Å². The van der Waals surface area contributed by atoms with Gasteiger partial charge in [0, 0.05) is 10.5 Å². The van der Waals surface area contributed by atoms with E-state index in [-0.39, 0.29) is 6.04 Å². The molecule has 1 unspecified atom stereocenters. The van der Waals surface area contributed by atoms with Gasteiger partial charge < -0.3 is 5.32 Å². The van der Waals surface area contributed by atoms with Gasteiger partial charge in [0.25, 0.3) is 0 Å². The van der Waals surface area contributed by atoms with E-state index in [1.165, 1.54) is 6.07 Å². The molecule has 0 saturated heterocycles. The zero-order valence-corrected chi connectivity index (χ0v) is 13.1. The van der Waals surface area contributed by atoms with Gasteiger partial charge in [-0.1, -0.05) is 23.7 Å². The Kier molecular flexibility index (Phi) is 5.13. The Morgan fingerprint density at radius 2 is 2.00 bits per heavy atom. The minimum Gasteiger partial charge on any atom is -0.313 e. The van der Waals surface area contributed by atoms with Crippen LogP contribution in [0, 0.1) is 11.6 Å². The number of halogens is 4. The van der Waals surface area contributed by atoms with Crippen LogP contribution in [0.25, 0.3) is 0 Å². The van der Waals surface area contributed by atoms with Crippen LogP contribution in [-0.4, -0.2) is 7.05 Å². The van der Waals surface area contributed by atoms with E-state index in [9.17, 15) is 8.78 Å². The summed E-state index contributed by atoms with van der Waals surface area (Å²) >= 11 is 9.61. The summed E-state index contributed by atoms with van der Waals surface area (Å²) in [5.74, 6) is -0.866. The number of hydrogen-bond donors (Lipinski definition) is 1. The van der Waals surface area contributed by atoms with E-state index in [2.05, 4.69) is 21.2 Å². The first-order valence-corrected chi connectivity index (χ1v) is 7.25. The van der Waals surface area contributed by atoms with Crippen molar-refractivity contribution in [1.29, 1.82) is 0 Å². The lowest BCUT2D eigenvalue weighted by atomic mass is 9.98. The molecule has 2 aromatic carbocycles. The summed E-state index contributed by atoms with van der Waals surface area (Å²) in [4.78, 5) is 0. The van der Waals surface area contributed by atoms with E-state index in [1.807, 2.05) is 18.2 Å². The SMILES string of the molecule is CNC(Cc1cc(F)ccc1F)c1cccc(Br)c1Cl. The molecule has 20 heavy (non-hydrogen) atoms. The molecule has 0 bridgehead atoms. The highest BCUT2D eigenvalue weighted by Crippen LogP contribution is 2.32. The fourth-order valence-electron chi connectivity index (χ4n) is 2.08. The quantitative estimate of drug-likeness (QED) is 0.819. The summed E-state index contributed by atoms with van der Waals surface area (Å²) in [5.41, 5.74) is 1.16. The second-order valence-electron chi connectivity index (χ2n) is 4.42. The van der Waals surface area contributed by atoms with E-state index < -0.39 is 11.6 Å². The fraction of sp³-hybridized carbons (Fsp3) is 0.200. The Labute approximate surface area is 130 Å². The van der Waals surface area contributed by atoms with Gasteiger partial charge in [-0.15, -0.1) is 0 Å². The van der Waals surface area contributed by atoms with Gasteiger partial charge in [-0.3, -0.25) is 0 Å². The number of hydrogen-bond acceptors (Lipinski definition) is 1. The Morgan fingerprint density at radius 1 is 1.25 bits per heavy atom. The maximum Gasteiger partial charge on any atom is 0.126 e. The fourth-order valence-corrected chi connectivity index (χ4v) is 2.72. The van der Waals surface area contributed by atoms with Crippen LogP contribution < -0.4 is 5.32 Å². The minimum absolute atomic E-state index is 0.198. The second kappa shape index (κ2) is 6.66. The molecule has 1 atom stereocenters. The van der Waals surface area contributed by atoms with Crippen molar-refractivity contribution in [2.24, 2.45) is 0 Å². The van der Waals surface area contributed by atoms with Gasteiger partial charge in [-0.2, -0.15) is 0 Å². The van der Waals surface area contributed by atoms with Crippen molar-refractivity contribution in [2.45, 2.75) is 12.5 Å². The number of nitrogens with one attached hydrogen (secondary N) is 1. The lowest BCUT2D eigenvalue weighted by molar-refractivity contribution is 0.544.